The van der Waals surface area contributed by atoms with Crippen LogP contribution in [-0.4, -0.2) is 52.5 Å². The lowest BCUT2D eigenvalue weighted by molar-refractivity contribution is 0.00415. The molecule has 3 unspecified atom stereocenters. The maximum absolute atomic E-state index is 12.3. The van der Waals surface area contributed by atoms with Crippen molar-refractivity contribution in [3.8, 4) is 0 Å². The summed E-state index contributed by atoms with van der Waals surface area (Å²) in [5, 5.41) is 13.1. The fraction of sp³-hybridized carbons (Fsp3) is 0.938. The van der Waals surface area contributed by atoms with Gasteiger partial charge in [-0.15, -0.1) is 0 Å². The number of rotatable bonds is 4. The van der Waals surface area contributed by atoms with Crippen molar-refractivity contribution >= 4 is 6.09 Å². The number of ether oxygens (including phenoxy) is 1. The molecule has 3 atom stereocenters. The van der Waals surface area contributed by atoms with Crippen LogP contribution in [0.1, 0.15) is 59.8 Å². The van der Waals surface area contributed by atoms with Crippen LogP contribution in [0, 0.1) is 0 Å². The van der Waals surface area contributed by atoms with Gasteiger partial charge in [0, 0.05) is 24.7 Å². The van der Waals surface area contributed by atoms with E-state index < -0.39 is 5.60 Å². The van der Waals surface area contributed by atoms with E-state index in [0.29, 0.717) is 12.6 Å². The Labute approximate surface area is 128 Å². The minimum atomic E-state index is -0.434. The van der Waals surface area contributed by atoms with Crippen molar-refractivity contribution in [2.45, 2.75) is 89.6 Å². The second-order valence-corrected chi connectivity index (χ2v) is 7.41. The molecule has 122 valence electrons. The maximum atomic E-state index is 12.3. The Morgan fingerprint density at radius 1 is 1.33 bits per heavy atom. The van der Waals surface area contributed by atoms with Crippen LogP contribution >= 0.6 is 0 Å². The minimum Gasteiger partial charge on any atom is -0.444 e. The Morgan fingerprint density at radius 3 is 2.38 bits per heavy atom. The summed E-state index contributed by atoms with van der Waals surface area (Å²) in [5.74, 6) is 0. The number of hydrogen-bond donors (Lipinski definition) is 2. The summed E-state index contributed by atoms with van der Waals surface area (Å²) >= 11 is 0. The zero-order chi connectivity index (χ0) is 15.6. The van der Waals surface area contributed by atoms with E-state index in [9.17, 15) is 9.90 Å². The molecule has 21 heavy (non-hydrogen) atoms. The lowest BCUT2D eigenvalue weighted by atomic mass is 9.97. The van der Waals surface area contributed by atoms with Crippen LogP contribution in [0.2, 0.25) is 0 Å². The van der Waals surface area contributed by atoms with Gasteiger partial charge < -0.3 is 20.1 Å². The summed E-state index contributed by atoms with van der Waals surface area (Å²) in [5.41, 5.74) is -0.434. The minimum absolute atomic E-state index is 0.165. The lowest BCUT2D eigenvalue weighted by Crippen LogP contribution is -2.53. The average Bonchev–Trinajstić information content (AvgIpc) is 2.65. The fourth-order valence-corrected chi connectivity index (χ4v) is 3.40. The van der Waals surface area contributed by atoms with E-state index in [1.54, 1.807) is 0 Å². The molecule has 0 aliphatic carbocycles. The molecule has 2 bridgehead atoms. The second-order valence-electron chi connectivity index (χ2n) is 7.41. The molecule has 0 radical (unpaired) electrons. The molecule has 1 amide bonds. The average molecular weight is 298 g/mol. The van der Waals surface area contributed by atoms with Crippen LogP contribution in [0.3, 0.4) is 0 Å². The first-order valence-corrected chi connectivity index (χ1v) is 8.23. The molecule has 2 rings (SSSR count). The Kier molecular flexibility index (Phi) is 5.15. The molecule has 2 aliphatic heterocycles. The number of hydrogen-bond acceptors (Lipinski definition) is 4. The molecule has 0 spiro atoms. The largest absolute Gasteiger partial charge is 0.444 e. The molecular formula is C16H30N2O3. The molecule has 2 aliphatic rings. The van der Waals surface area contributed by atoms with Gasteiger partial charge in [-0.1, -0.05) is 6.92 Å². The van der Waals surface area contributed by atoms with Gasteiger partial charge in [0.05, 0.1) is 6.10 Å². The number of nitrogens with zero attached hydrogens (tertiary/aromatic N) is 1. The van der Waals surface area contributed by atoms with Gasteiger partial charge in [0.15, 0.2) is 0 Å². The lowest BCUT2D eigenvalue weighted by Gasteiger charge is -2.40. The standard InChI is InChI=1S/C16H30N2O3/c1-5-14(19)10-17-11-8-12-6-7-13(9-11)18(12)15(20)21-16(2,3)4/h11-14,17,19H,5-10H2,1-4H3. The SMILES string of the molecule is CCC(O)CNC1CC2CCC(C1)N2C(=O)OC(C)(C)C. The van der Waals surface area contributed by atoms with Crippen molar-refractivity contribution in [1.82, 2.24) is 10.2 Å². The first-order chi connectivity index (χ1) is 9.80. The van der Waals surface area contributed by atoms with E-state index in [-0.39, 0.29) is 24.3 Å². The summed E-state index contributed by atoms with van der Waals surface area (Å²) in [7, 11) is 0. The Balaban J connectivity index is 1.88. The van der Waals surface area contributed by atoms with E-state index in [2.05, 4.69) is 5.32 Å². The predicted octanol–water partition coefficient (Wildman–Crippen LogP) is 2.28. The van der Waals surface area contributed by atoms with Gasteiger partial charge in [-0.2, -0.15) is 0 Å². The number of piperidine rings is 1. The first kappa shape index (κ1) is 16.6. The van der Waals surface area contributed by atoms with E-state index in [1.807, 2.05) is 32.6 Å². The summed E-state index contributed by atoms with van der Waals surface area (Å²) < 4.78 is 5.54. The van der Waals surface area contributed by atoms with Crippen LogP contribution in [0.15, 0.2) is 0 Å². The number of aliphatic hydroxyl groups excluding tert-OH is 1. The Hall–Kier alpha value is -0.810. The Morgan fingerprint density at radius 2 is 1.90 bits per heavy atom. The molecule has 5 heteroatoms. The number of carbonyl (C=O) groups excluding carboxylic acids is 1. The zero-order valence-corrected chi connectivity index (χ0v) is 13.8. The van der Waals surface area contributed by atoms with E-state index >= 15 is 0 Å². The van der Waals surface area contributed by atoms with Crippen molar-refractivity contribution in [2.24, 2.45) is 0 Å². The summed E-state index contributed by atoms with van der Waals surface area (Å²) in [6, 6.07) is 0.979. The van der Waals surface area contributed by atoms with Gasteiger partial charge in [-0.3, -0.25) is 0 Å². The quantitative estimate of drug-likeness (QED) is 0.836. The maximum Gasteiger partial charge on any atom is 0.410 e. The van der Waals surface area contributed by atoms with Crippen LogP contribution in [0.25, 0.3) is 0 Å². The van der Waals surface area contributed by atoms with Crippen LogP contribution < -0.4 is 5.32 Å². The van der Waals surface area contributed by atoms with E-state index in [0.717, 1.165) is 32.1 Å². The monoisotopic (exact) mass is 298 g/mol. The number of amides is 1. The normalized spacial score (nSPS) is 30.3. The van der Waals surface area contributed by atoms with Gasteiger partial charge in [-0.05, 0) is 52.9 Å². The molecule has 0 saturated carbocycles. The smallest absolute Gasteiger partial charge is 0.410 e. The van der Waals surface area contributed by atoms with Gasteiger partial charge in [0.2, 0.25) is 0 Å². The summed E-state index contributed by atoms with van der Waals surface area (Å²) in [6.07, 6.45) is 4.40. The van der Waals surface area contributed by atoms with Crippen LogP contribution in [0.4, 0.5) is 4.79 Å². The topological polar surface area (TPSA) is 61.8 Å². The first-order valence-electron chi connectivity index (χ1n) is 8.23. The highest BCUT2D eigenvalue weighted by atomic mass is 16.6. The number of carbonyl (C=O) groups is 1. The molecule has 2 heterocycles. The molecule has 5 nitrogen and oxygen atoms in total. The predicted molar refractivity (Wildman–Crippen MR) is 82.2 cm³/mol. The van der Waals surface area contributed by atoms with Crippen molar-refractivity contribution in [3.63, 3.8) is 0 Å². The van der Waals surface area contributed by atoms with Crippen molar-refractivity contribution in [3.05, 3.63) is 0 Å². The molecule has 2 saturated heterocycles. The summed E-state index contributed by atoms with van der Waals surface area (Å²) in [4.78, 5) is 14.3. The highest BCUT2D eigenvalue weighted by Gasteiger charge is 2.44. The van der Waals surface area contributed by atoms with E-state index in [4.69, 9.17) is 4.74 Å². The molecule has 0 aromatic rings. The highest BCUT2D eigenvalue weighted by molar-refractivity contribution is 5.69. The van der Waals surface area contributed by atoms with Gasteiger partial charge in [-0.25, -0.2) is 4.79 Å². The van der Waals surface area contributed by atoms with Crippen molar-refractivity contribution in [1.29, 1.82) is 0 Å². The molecular weight excluding hydrogens is 268 g/mol. The zero-order valence-electron chi connectivity index (χ0n) is 13.8. The molecule has 0 aromatic heterocycles. The van der Waals surface area contributed by atoms with Gasteiger partial charge in [0.1, 0.15) is 5.60 Å². The fourth-order valence-electron chi connectivity index (χ4n) is 3.40. The number of nitrogens with one attached hydrogen (secondary N) is 1. The van der Waals surface area contributed by atoms with Gasteiger partial charge >= 0.3 is 6.09 Å². The third-order valence-electron chi connectivity index (χ3n) is 4.45. The highest BCUT2D eigenvalue weighted by Crippen LogP contribution is 2.36. The molecule has 0 aromatic carbocycles. The van der Waals surface area contributed by atoms with Crippen LogP contribution in [0.5, 0.6) is 0 Å². The molecule has 2 fully saturated rings. The Bertz CT molecular complexity index is 353. The third kappa shape index (κ3) is 4.33. The number of aliphatic hydroxyl groups is 1. The van der Waals surface area contributed by atoms with E-state index in [1.165, 1.54) is 0 Å². The molecule has 2 N–H and O–H groups in total. The van der Waals surface area contributed by atoms with Crippen molar-refractivity contribution in [2.75, 3.05) is 6.54 Å². The summed E-state index contributed by atoms with van der Waals surface area (Å²) in [6.45, 7) is 8.36. The third-order valence-corrected chi connectivity index (χ3v) is 4.45. The second kappa shape index (κ2) is 6.53. The van der Waals surface area contributed by atoms with Gasteiger partial charge in [0.25, 0.3) is 0 Å². The van der Waals surface area contributed by atoms with Crippen LogP contribution in [-0.2, 0) is 4.74 Å². The number of fused-ring (bicyclic) bond motifs is 2. The van der Waals surface area contributed by atoms with Crippen molar-refractivity contribution < 1.29 is 14.6 Å².